The second kappa shape index (κ2) is 4.66. The average Bonchev–Trinajstić information content (AvgIpc) is 2.35. The molecule has 2 amide bonds. The summed E-state index contributed by atoms with van der Waals surface area (Å²) in [5.74, 6) is -0.542. The standard InChI is InChI=1S/C15H17N3O3/c1-10-3-2-4-11(5-10)6-16-17-12(19)14-7-15(8-14,9-14)13(20)18-21/h2-6,21H,7-9H2,1H3,(H,17,19)(H,18,20)/b16-6+. The van der Waals surface area contributed by atoms with Crippen LogP contribution in [0, 0.1) is 17.8 Å². The maximum Gasteiger partial charge on any atom is 0.249 e. The summed E-state index contributed by atoms with van der Waals surface area (Å²) in [6.07, 6.45) is 3.06. The summed E-state index contributed by atoms with van der Waals surface area (Å²) in [6.45, 7) is 1.99. The fraction of sp³-hybridized carbons (Fsp3) is 0.400. The van der Waals surface area contributed by atoms with Crippen LogP contribution in [0.15, 0.2) is 29.4 Å². The zero-order chi connectivity index (χ0) is 15.1. The number of carbonyl (C=O) groups is 2. The van der Waals surface area contributed by atoms with E-state index in [1.54, 1.807) is 11.7 Å². The van der Waals surface area contributed by atoms with E-state index in [-0.39, 0.29) is 11.8 Å². The third kappa shape index (κ3) is 2.12. The van der Waals surface area contributed by atoms with Gasteiger partial charge in [0.25, 0.3) is 0 Å². The number of amides is 2. The van der Waals surface area contributed by atoms with Crippen molar-refractivity contribution in [3.8, 4) is 0 Å². The average molecular weight is 287 g/mol. The van der Waals surface area contributed by atoms with Crippen LogP contribution in [-0.2, 0) is 9.59 Å². The van der Waals surface area contributed by atoms with E-state index in [1.165, 1.54) is 0 Å². The fourth-order valence-corrected chi connectivity index (χ4v) is 3.42. The monoisotopic (exact) mass is 287 g/mol. The first-order valence-electron chi connectivity index (χ1n) is 6.85. The summed E-state index contributed by atoms with van der Waals surface area (Å²) < 4.78 is 0. The molecule has 6 heteroatoms. The van der Waals surface area contributed by atoms with Gasteiger partial charge in [0.1, 0.15) is 0 Å². The third-order valence-electron chi connectivity index (χ3n) is 4.52. The van der Waals surface area contributed by atoms with Crippen molar-refractivity contribution >= 4 is 18.0 Å². The van der Waals surface area contributed by atoms with Crippen molar-refractivity contribution in [1.29, 1.82) is 0 Å². The highest BCUT2D eigenvalue weighted by Crippen LogP contribution is 2.73. The zero-order valence-corrected chi connectivity index (χ0v) is 11.7. The molecule has 3 saturated carbocycles. The second-order valence-electron chi connectivity index (χ2n) is 6.15. The Kier molecular flexibility index (Phi) is 3.06. The molecule has 0 heterocycles. The van der Waals surface area contributed by atoms with E-state index in [0.717, 1.165) is 11.1 Å². The Balaban J connectivity index is 1.54. The van der Waals surface area contributed by atoms with Gasteiger partial charge in [-0.25, -0.2) is 10.9 Å². The second-order valence-corrected chi connectivity index (χ2v) is 6.15. The number of aryl methyl sites for hydroxylation is 1. The van der Waals surface area contributed by atoms with Crippen LogP contribution in [0.4, 0.5) is 0 Å². The number of carbonyl (C=O) groups excluding carboxylic acids is 2. The number of nitrogens with zero attached hydrogens (tertiary/aromatic N) is 1. The first kappa shape index (κ1) is 13.8. The van der Waals surface area contributed by atoms with E-state index in [1.807, 2.05) is 31.2 Å². The lowest BCUT2D eigenvalue weighted by atomic mass is 9.34. The van der Waals surface area contributed by atoms with Gasteiger partial charge in [0.2, 0.25) is 11.8 Å². The zero-order valence-electron chi connectivity index (χ0n) is 11.7. The molecule has 1 aromatic rings. The molecule has 3 aliphatic rings. The summed E-state index contributed by atoms with van der Waals surface area (Å²) in [4.78, 5) is 23.5. The number of benzene rings is 1. The number of hydrazone groups is 1. The van der Waals surface area contributed by atoms with E-state index in [2.05, 4.69) is 10.5 Å². The van der Waals surface area contributed by atoms with Gasteiger partial charge in [-0.2, -0.15) is 5.10 Å². The molecule has 0 aliphatic heterocycles. The fourth-order valence-electron chi connectivity index (χ4n) is 3.42. The Labute approximate surface area is 122 Å². The van der Waals surface area contributed by atoms with Crippen molar-refractivity contribution < 1.29 is 14.8 Å². The normalized spacial score (nSPS) is 29.4. The van der Waals surface area contributed by atoms with Crippen LogP contribution in [0.3, 0.4) is 0 Å². The van der Waals surface area contributed by atoms with Crippen molar-refractivity contribution in [2.75, 3.05) is 0 Å². The summed E-state index contributed by atoms with van der Waals surface area (Å²) in [6, 6.07) is 7.79. The van der Waals surface area contributed by atoms with Crippen LogP contribution in [0.2, 0.25) is 0 Å². The van der Waals surface area contributed by atoms with Crippen molar-refractivity contribution in [3.63, 3.8) is 0 Å². The minimum Gasteiger partial charge on any atom is -0.289 e. The van der Waals surface area contributed by atoms with Crippen molar-refractivity contribution in [2.45, 2.75) is 26.2 Å². The van der Waals surface area contributed by atoms with E-state index in [0.29, 0.717) is 19.3 Å². The van der Waals surface area contributed by atoms with Crippen LogP contribution in [0.25, 0.3) is 0 Å². The van der Waals surface area contributed by atoms with Gasteiger partial charge in [0.15, 0.2) is 0 Å². The van der Waals surface area contributed by atoms with Gasteiger partial charge in [0, 0.05) is 0 Å². The molecule has 3 fully saturated rings. The Bertz CT molecular complexity index is 619. The molecular weight excluding hydrogens is 270 g/mol. The Morgan fingerprint density at radius 1 is 1.24 bits per heavy atom. The summed E-state index contributed by atoms with van der Waals surface area (Å²) in [5.41, 5.74) is 5.25. The van der Waals surface area contributed by atoms with Crippen molar-refractivity contribution in [3.05, 3.63) is 35.4 Å². The van der Waals surface area contributed by atoms with Crippen LogP contribution >= 0.6 is 0 Å². The molecule has 3 aliphatic carbocycles. The van der Waals surface area contributed by atoms with Crippen LogP contribution in [0.5, 0.6) is 0 Å². The molecular formula is C15H17N3O3. The molecule has 2 bridgehead atoms. The molecule has 0 saturated heterocycles. The largest absolute Gasteiger partial charge is 0.289 e. The molecule has 0 atom stereocenters. The third-order valence-corrected chi connectivity index (χ3v) is 4.52. The smallest absolute Gasteiger partial charge is 0.249 e. The molecule has 1 aromatic carbocycles. The molecule has 0 unspecified atom stereocenters. The molecule has 3 N–H and O–H groups in total. The highest BCUT2D eigenvalue weighted by molar-refractivity contribution is 5.95. The van der Waals surface area contributed by atoms with Gasteiger partial charge in [-0.1, -0.05) is 29.8 Å². The van der Waals surface area contributed by atoms with Gasteiger partial charge in [-0.3, -0.25) is 14.8 Å². The molecule has 0 radical (unpaired) electrons. The quantitative estimate of drug-likeness (QED) is 0.440. The highest BCUT2D eigenvalue weighted by Gasteiger charge is 2.74. The molecule has 4 rings (SSSR count). The maximum atomic E-state index is 12.1. The molecule has 0 aromatic heterocycles. The topological polar surface area (TPSA) is 90.8 Å². The number of hydrogen-bond acceptors (Lipinski definition) is 4. The van der Waals surface area contributed by atoms with Gasteiger partial charge >= 0.3 is 0 Å². The maximum absolute atomic E-state index is 12.1. The van der Waals surface area contributed by atoms with Gasteiger partial charge in [-0.05, 0) is 31.7 Å². The van der Waals surface area contributed by atoms with E-state index >= 15 is 0 Å². The molecule has 6 nitrogen and oxygen atoms in total. The molecule has 0 spiro atoms. The van der Waals surface area contributed by atoms with E-state index < -0.39 is 10.8 Å². The first-order valence-corrected chi connectivity index (χ1v) is 6.85. The Morgan fingerprint density at radius 3 is 2.52 bits per heavy atom. The van der Waals surface area contributed by atoms with Gasteiger partial charge in [-0.15, -0.1) is 0 Å². The molecule has 110 valence electrons. The SMILES string of the molecule is Cc1cccc(/C=N/NC(=O)C23CC(C(=O)NO)(C2)C3)c1. The number of hydroxylamine groups is 1. The lowest BCUT2D eigenvalue weighted by molar-refractivity contribution is -0.213. The summed E-state index contributed by atoms with van der Waals surface area (Å²) in [5, 5.41) is 12.6. The number of nitrogens with one attached hydrogen (secondary N) is 2. The Hall–Kier alpha value is -2.21. The predicted molar refractivity (Wildman–Crippen MR) is 75.6 cm³/mol. The summed E-state index contributed by atoms with van der Waals surface area (Å²) >= 11 is 0. The Morgan fingerprint density at radius 2 is 1.90 bits per heavy atom. The van der Waals surface area contributed by atoms with Gasteiger partial charge < -0.3 is 0 Å². The predicted octanol–water partition coefficient (Wildman–Crippen LogP) is 1.12. The first-order chi connectivity index (χ1) is 10.00. The molecule has 21 heavy (non-hydrogen) atoms. The lowest BCUT2D eigenvalue weighted by Crippen LogP contribution is -2.71. The van der Waals surface area contributed by atoms with Gasteiger partial charge in [0.05, 0.1) is 17.0 Å². The number of rotatable bonds is 4. The van der Waals surface area contributed by atoms with Crippen LogP contribution in [0.1, 0.15) is 30.4 Å². The highest BCUT2D eigenvalue weighted by atomic mass is 16.5. The number of hydrogen-bond donors (Lipinski definition) is 3. The van der Waals surface area contributed by atoms with Crippen LogP contribution < -0.4 is 10.9 Å². The minimum atomic E-state index is -0.535. The van der Waals surface area contributed by atoms with E-state index in [9.17, 15) is 9.59 Å². The van der Waals surface area contributed by atoms with Crippen LogP contribution in [-0.4, -0.2) is 23.2 Å². The van der Waals surface area contributed by atoms with E-state index in [4.69, 9.17) is 5.21 Å². The van der Waals surface area contributed by atoms with Crippen molar-refractivity contribution in [1.82, 2.24) is 10.9 Å². The minimum absolute atomic E-state index is 0.154. The summed E-state index contributed by atoms with van der Waals surface area (Å²) in [7, 11) is 0. The lowest BCUT2D eigenvalue weighted by Gasteiger charge is -2.67. The van der Waals surface area contributed by atoms with Crippen molar-refractivity contribution in [2.24, 2.45) is 15.9 Å².